The number of pyridine rings is 1. The molecular formula is C19H21N3OS. The predicted molar refractivity (Wildman–Crippen MR) is 98.1 cm³/mol. The molecule has 0 bridgehead atoms. The van der Waals surface area contributed by atoms with E-state index in [1.807, 2.05) is 43.4 Å². The number of carbonyl (C=O) groups excluding carboxylic acids is 1. The zero-order chi connectivity index (χ0) is 16.8. The summed E-state index contributed by atoms with van der Waals surface area (Å²) in [6.45, 7) is 0.705. The number of thiazole rings is 1. The number of fused-ring (bicyclic) bond motifs is 1. The van der Waals surface area contributed by atoms with Crippen molar-refractivity contribution in [1.82, 2.24) is 14.9 Å². The van der Waals surface area contributed by atoms with Gasteiger partial charge in [0.2, 0.25) is 5.91 Å². The Morgan fingerprint density at radius 1 is 1.12 bits per heavy atom. The van der Waals surface area contributed by atoms with Crippen LogP contribution in [0.2, 0.25) is 0 Å². The average Bonchev–Trinajstić information content (AvgIpc) is 3.03. The molecule has 3 rings (SSSR count). The van der Waals surface area contributed by atoms with Crippen LogP contribution in [-0.4, -0.2) is 34.4 Å². The van der Waals surface area contributed by atoms with Crippen LogP contribution < -0.4 is 0 Å². The third kappa shape index (κ3) is 4.38. The van der Waals surface area contributed by atoms with Crippen molar-refractivity contribution in [3.05, 3.63) is 59.4 Å². The molecule has 0 saturated carbocycles. The molecule has 2 heterocycles. The van der Waals surface area contributed by atoms with E-state index in [2.05, 4.69) is 16.0 Å². The molecule has 3 aromatic rings. The van der Waals surface area contributed by atoms with Crippen LogP contribution >= 0.6 is 11.3 Å². The first kappa shape index (κ1) is 16.6. The van der Waals surface area contributed by atoms with Crippen LogP contribution in [-0.2, 0) is 17.6 Å². The standard InChI is InChI=1S/C19H21N3OS/c1-22(14-12-15-7-4-5-13-20-15)19(23)11-6-10-18-21-16-8-2-3-9-17(16)24-18/h2-5,7-9,13H,6,10-12,14H2,1H3. The lowest BCUT2D eigenvalue weighted by Gasteiger charge is -2.16. The van der Waals surface area contributed by atoms with Crippen molar-refractivity contribution in [2.45, 2.75) is 25.7 Å². The maximum Gasteiger partial charge on any atom is 0.222 e. The Kier molecular flexibility index (Phi) is 5.54. The molecule has 0 saturated heterocycles. The fourth-order valence-corrected chi connectivity index (χ4v) is 3.57. The van der Waals surface area contributed by atoms with Gasteiger partial charge in [-0.05, 0) is 37.1 Å². The largest absolute Gasteiger partial charge is 0.345 e. The number of likely N-dealkylation sites (N-methyl/N-ethyl adjacent to an activating group) is 1. The first-order chi connectivity index (χ1) is 11.7. The highest BCUT2D eigenvalue weighted by molar-refractivity contribution is 7.18. The van der Waals surface area contributed by atoms with Gasteiger partial charge in [0.25, 0.3) is 0 Å². The predicted octanol–water partition coefficient (Wildman–Crippen LogP) is 3.72. The van der Waals surface area contributed by atoms with Gasteiger partial charge in [-0.1, -0.05) is 18.2 Å². The van der Waals surface area contributed by atoms with Crippen molar-refractivity contribution in [1.29, 1.82) is 0 Å². The molecule has 124 valence electrons. The number of para-hydroxylation sites is 1. The van der Waals surface area contributed by atoms with Gasteiger partial charge >= 0.3 is 0 Å². The smallest absolute Gasteiger partial charge is 0.222 e. The van der Waals surface area contributed by atoms with Crippen molar-refractivity contribution < 1.29 is 4.79 Å². The second-order valence-electron chi connectivity index (χ2n) is 5.82. The van der Waals surface area contributed by atoms with Crippen LogP contribution in [0.15, 0.2) is 48.7 Å². The number of hydrogen-bond acceptors (Lipinski definition) is 4. The number of benzene rings is 1. The number of hydrogen-bond donors (Lipinski definition) is 0. The zero-order valence-electron chi connectivity index (χ0n) is 13.8. The van der Waals surface area contributed by atoms with Crippen molar-refractivity contribution >= 4 is 27.5 Å². The normalized spacial score (nSPS) is 10.9. The molecule has 1 amide bonds. The summed E-state index contributed by atoms with van der Waals surface area (Å²) in [6, 6.07) is 14.0. The number of carbonyl (C=O) groups is 1. The van der Waals surface area contributed by atoms with Gasteiger partial charge < -0.3 is 4.90 Å². The summed E-state index contributed by atoms with van der Waals surface area (Å²) in [5.41, 5.74) is 2.07. The summed E-state index contributed by atoms with van der Waals surface area (Å²) in [6.07, 6.45) is 4.84. The van der Waals surface area contributed by atoms with Crippen LogP contribution in [0.3, 0.4) is 0 Å². The summed E-state index contributed by atoms with van der Waals surface area (Å²) in [5.74, 6) is 0.187. The molecule has 0 N–H and O–H groups in total. The number of nitrogens with zero attached hydrogens (tertiary/aromatic N) is 3. The summed E-state index contributed by atoms with van der Waals surface area (Å²) in [5, 5.41) is 1.11. The van der Waals surface area contributed by atoms with Gasteiger partial charge in [0, 0.05) is 38.3 Å². The highest BCUT2D eigenvalue weighted by atomic mass is 32.1. The maximum atomic E-state index is 12.2. The van der Waals surface area contributed by atoms with Crippen molar-refractivity contribution in [3.63, 3.8) is 0 Å². The van der Waals surface area contributed by atoms with E-state index in [9.17, 15) is 4.79 Å². The third-order valence-electron chi connectivity index (χ3n) is 3.97. The summed E-state index contributed by atoms with van der Waals surface area (Å²) in [4.78, 5) is 22.9. The highest BCUT2D eigenvalue weighted by Gasteiger charge is 2.10. The molecule has 2 aromatic heterocycles. The minimum absolute atomic E-state index is 0.187. The number of amides is 1. The number of aryl methyl sites for hydroxylation is 1. The molecule has 1 aromatic carbocycles. The molecule has 4 nitrogen and oxygen atoms in total. The lowest BCUT2D eigenvalue weighted by atomic mass is 10.2. The van der Waals surface area contributed by atoms with Crippen LogP contribution in [0.4, 0.5) is 0 Å². The molecule has 0 fully saturated rings. The molecular weight excluding hydrogens is 318 g/mol. The Bertz CT molecular complexity index is 767. The first-order valence-electron chi connectivity index (χ1n) is 8.21. The fraction of sp³-hybridized carbons (Fsp3) is 0.316. The second-order valence-corrected chi connectivity index (χ2v) is 6.93. The monoisotopic (exact) mass is 339 g/mol. The van der Waals surface area contributed by atoms with Gasteiger partial charge in [0.1, 0.15) is 0 Å². The van der Waals surface area contributed by atoms with E-state index in [0.29, 0.717) is 13.0 Å². The molecule has 0 aliphatic rings. The van der Waals surface area contributed by atoms with E-state index in [0.717, 1.165) is 35.5 Å². The SMILES string of the molecule is CN(CCc1ccccn1)C(=O)CCCc1nc2ccccc2s1. The minimum Gasteiger partial charge on any atom is -0.345 e. The molecule has 0 atom stereocenters. The lowest BCUT2D eigenvalue weighted by molar-refractivity contribution is -0.129. The number of rotatable bonds is 7. The van der Waals surface area contributed by atoms with Crippen LogP contribution in [0.5, 0.6) is 0 Å². The molecule has 0 radical (unpaired) electrons. The topological polar surface area (TPSA) is 46.1 Å². The van der Waals surface area contributed by atoms with Crippen LogP contribution in [0, 0.1) is 0 Å². The van der Waals surface area contributed by atoms with Gasteiger partial charge in [0.05, 0.1) is 15.2 Å². The highest BCUT2D eigenvalue weighted by Crippen LogP contribution is 2.22. The van der Waals surface area contributed by atoms with Gasteiger partial charge in [-0.3, -0.25) is 9.78 Å². The second kappa shape index (κ2) is 8.02. The third-order valence-corrected chi connectivity index (χ3v) is 5.07. The molecule has 5 heteroatoms. The summed E-state index contributed by atoms with van der Waals surface area (Å²) >= 11 is 1.72. The maximum absolute atomic E-state index is 12.2. The van der Waals surface area contributed by atoms with E-state index in [4.69, 9.17) is 0 Å². The molecule has 0 aliphatic carbocycles. The van der Waals surface area contributed by atoms with E-state index < -0.39 is 0 Å². The van der Waals surface area contributed by atoms with E-state index in [1.165, 1.54) is 4.70 Å². The van der Waals surface area contributed by atoms with Gasteiger partial charge in [-0.2, -0.15) is 0 Å². The molecule has 0 spiro atoms. The van der Waals surface area contributed by atoms with Gasteiger partial charge in [0.15, 0.2) is 0 Å². The Morgan fingerprint density at radius 3 is 2.75 bits per heavy atom. The Balaban J connectivity index is 1.43. The average molecular weight is 339 g/mol. The summed E-state index contributed by atoms with van der Waals surface area (Å²) < 4.78 is 1.21. The van der Waals surface area contributed by atoms with Gasteiger partial charge in [-0.15, -0.1) is 11.3 Å². The van der Waals surface area contributed by atoms with Crippen LogP contribution in [0.1, 0.15) is 23.5 Å². The van der Waals surface area contributed by atoms with Crippen molar-refractivity contribution in [2.75, 3.05) is 13.6 Å². The molecule has 24 heavy (non-hydrogen) atoms. The zero-order valence-corrected chi connectivity index (χ0v) is 14.6. The molecule has 0 unspecified atom stereocenters. The molecule has 0 aliphatic heterocycles. The van der Waals surface area contributed by atoms with Crippen molar-refractivity contribution in [3.8, 4) is 0 Å². The fourth-order valence-electron chi connectivity index (χ4n) is 2.56. The lowest BCUT2D eigenvalue weighted by Crippen LogP contribution is -2.28. The first-order valence-corrected chi connectivity index (χ1v) is 9.02. The van der Waals surface area contributed by atoms with Gasteiger partial charge in [-0.25, -0.2) is 4.98 Å². The number of aromatic nitrogens is 2. The Labute approximate surface area is 146 Å². The van der Waals surface area contributed by atoms with Crippen molar-refractivity contribution in [2.24, 2.45) is 0 Å². The Hall–Kier alpha value is -2.27. The van der Waals surface area contributed by atoms with E-state index in [-0.39, 0.29) is 5.91 Å². The van der Waals surface area contributed by atoms with E-state index in [1.54, 1.807) is 22.4 Å². The Morgan fingerprint density at radius 2 is 1.96 bits per heavy atom. The van der Waals surface area contributed by atoms with E-state index >= 15 is 0 Å². The van der Waals surface area contributed by atoms with Crippen LogP contribution in [0.25, 0.3) is 10.2 Å². The quantitative estimate of drug-likeness (QED) is 0.659. The minimum atomic E-state index is 0.187. The summed E-state index contributed by atoms with van der Waals surface area (Å²) in [7, 11) is 1.86.